The van der Waals surface area contributed by atoms with Gasteiger partial charge in [0.05, 0.1) is 18.7 Å². The van der Waals surface area contributed by atoms with Crippen molar-refractivity contribution in [1.29, 1.82) is 0 Å². The number of carbonyl (C=O) groups excluding carboxylic acids is 2. The summed E-state index contributed by atoms with van der Waals surface area (Å²) < 4.78 is 5.66. The summed E-state index contributed by atoms with van der Waals surface area (Å²) in [5.74, 6) is 0.0153. The number of nitrogens with zero attached hydrogens (tertiary/aromatic N) is 2. The topological polar surface area (TPSA) is 61.9 Å². The minimum atomic E-state index is -0.0785. The van der Waals surface area contributed by atoms with Crippen LogP contribution in [-0.2, 0) is 14.3 Å². The molecule has 0 unspecified atom stereocenters. The second-order valence-electron chi connectivity index (χ2n) is 5.66. The number of carbonyl (C=O) groups is 2. The van der Waals surface area contributed by atoms with Crippen LogP contribution in [0.15, 0.2) is 0 Å². The van der Waals surface area contributed by atoms with Gasteiger partial charge in [-0.2, -0.15) is 0 Å². The maximum atomic E-state index is 12.1. The van der Waals surface area contributed by atoms with Gasteiger partial charge in [0.2, 0.25) is 11.8 Å². The van der Waals surface area contributed by atoms with Gasteiger partial charge in [-0.3, -0.25) is 9.59 Å². The normalized spacial score (nSPS) is 27.9. The van der Waals surface area contributed by atoms with E-state index in [4.69, 9.17) is 4.74 Å². The molecule has 2 aliphatic heterocycles. The van der Waals surface area contributed by atoms with Crippen molar-refractivity contribution in [3.63, 3.8) is 0 Å². The minimum absolute atomic E-state index is 0.0207. The fraction of sp³-hybridized carbons (Fsp3) is 0.857. The van der Waals surface area contributed by atoms with Crippen LogP contribution in [0.5, 0.6) is 0 Å². The molecule has 2 saturated heterocycles. The SMILES string of the molecule is CCO[C@H]1CN(C)C[C@@H]1NC(=O)CN1CCCCC1=O. The van der Waals surface area contributed by atoms with Crippen LogP contribution in [0.1, 0.15) is 26.2 Å². The van der Waals surface area contributed by atoms with Crippen LogP contribution in [-0.4, -0.2) is 73.6 Å². The molecule has 2 amide bonds. The number of hydrogen-bond acceptors (Lipinski definition) is 4. The molecule has 20 heavy (non-hydrogen) atoms. The lowest BCUT2D eigenvalue weighted by Gasteiger charge is -2.27. The molecule has 114 valence electrons. The predicted octanol–water partition coefficient (Wildman–Crippen LogP) is -0.166. The number of ether oxygens (including phenoxy) is 1. The quantitative estimate of drug-likeness (QED) is 0.761. The van der Waals surface area contributed by atoms with Crippen LogP contribution in [0.25, 0.3) is 0 Å². The molecule has 0 spiro atoms. The molecule has 0 aromatic carbocycles. The van der Waals surface area contributed by atoms with Crippen LogP contribution >= 0.6 is 0 Å². The predicted molar refractivity (Wildman–Crippen MR) is 75.3 cm³/mol. The third-order valence-corrected chi connectivity index (χ3v) is 3.93. The van der Waals surface area contributed by atoms with Gasteiger partial charge < -0.3 is 19.9 Å². The van der Waals surface area contributed by atoms with E-state index in [1.807, 2.05) is 14.0 Å². The Bertz CT molecular complexity index is 362. The van der Waals surface area contributed by atoms with Gasteiger partial charge in [-0.15, -0.1) is 0 Å². The molecule has 0 aromatic rings. The summed E-state index contributed by atoms with van der Waals surface area (Å²) in [6.45, 7) is 5.12. The zero-order valence-corrected chi connectivity index (χ0v) is 12.4. The maximum absolute atomic E-state index is 12.1. The Kier molecular flexibility index (Phi) is 5.37. The monoisotopic (exact) mass is 283 g/mol. The van der Waals surface area contributed by atoms with Crippen LogP contribution in [0.4, 0.5) is 0 Å². The summed E-state index contributed by atoms with van der Waals surface area (Å²) in [6, 6.07) is 0.0207. The first-order valence-corrected chi connectivity index (χ1v) is 7.47. The molecule has 2 rings (SSSR count). The van der Waals surface area contributed by atoms with Crippen molar-refractivity contribution >= 4 is 11.8 Å². The van der Waals surface area contributed by atoms with Crippen LogP contribution in [0, 0.1) is 0 Å². The zero-order chi connectivity index (χ0) is 14.5. The highest BCUT2D eigenvalue weighted by molar-refractivity contribution is 5.85. The van der Waals surface area contributed by atoms with E-state index in [1.165, 1.54) is 0 Å². The van der Waals surface area contributed by atoms with Crippen molar-refractivity contribution in [3.05, 3.63) is 0 Å². The number of amides is 2. The molecule has 6 heteroatoms. The van der Waals surface area contributed by atoms with E-state index in [2.05, 4.69) is 10.2 Å². The van der Waals surface area contributed by atoms with Gasteiger partial charge in [0.25, 0.3) is 0 Å². The van der Waals surface area contributed by atoms with Crippen molar-refractivity contribution in [2.45, 2.75) is 38.3 Å². The summed E-state index contributed by atoms with van der Waals surface area (Å²) in [5, 5.41) is 3.01. The number of hydrogen-bond donors (Lipinski definition) is 1. The van der Waals surface area contributed by atoms with Crippen molar-refractivity contribution < 1.29 is 14.3 Å². The highest BCUT2D eigenvalue weighted by atomic mass is 16.5. The van der Waals surface area contributed by atoms with Crippen LogP contribution in [0.2, 0.25) is 0 Å². The lowest BCUT2D eigenvalue weighted by Crippen LogP contribution is -2.49. The number of likely N-dealkylation sites (tertiary alicyclic amines) is 2. The summed E-state index contributed by atoms with van der Waals surface area (Å²) in [5.41, 5.74) is 0. The Balaban J connectivity index is 1.82. The number of nitrogens with one attached hydrogen (secondary N) is 1. The van der Waals surface area contributed by atoms with Gasteiger partial charge in [0.15, 0.2) is 0 Å². The van der Waals surface area contributed by atoms with Crippen LogP contribution in [0.3, 0.4) is 0 Å². The fourth-order valence-corrected chi connectivity index (χ4v) is 2.94. The third kappa shape index (κ3) is 3.93. The van der Waals surface area contributed by atoms with Crippen LogP contribution < -0.4 is 5.32 Å². The second kappa shape index (κ2) is 7.04. The second-order valence-corrected chi connectivity index (χ2v) is 5.66. The van der Waals surface area contributed by atoms with E-state index in [0.29, 0.717) is 19.6 Å². The largest absolute Gasteiger partial charge is 0.375 e. The molecule has 0 aliphatic carbocycles. The maximum Gasteiger partial charge on any atom is 0.239 e. The molecule has 1 N–H and O–H groups in total. The van der Waals surface area contributed by atoms with Gasteiger partial charge in [0, 0.05) is 32.7 Å². The lowest BCUT2D eigenvalue weighted by molar-refractivity contribution is -0.138. The van der Waals surface area contributed by atoms with E-state index < -0.39 is 0 Å². The first-order valence-electron chi connectivity index (χ1n) is 7.47. The standard InChI is InChI=1S/C14H25N3O3/c1-3-20-12-9-16(2)8-11(12)15-13(18)10-17-7-5-4-6-14(17)19/h11-12H,3-10H2,1-2H3,(H,15,18)/t11-,12-/m0/s1. The first kappa shape index (κ1) is 15.3. The highest BCUT2D eigenvalue weighted by Gasteiger charge is 2.33. The van der Waals surface area contributed by atoms with E-state index in [0.717, 1.165) is 25.9 Å². The Morgan fingerprint density at radius 1 is 1.40 bits per heavy atom. The molecule has 0 bridgehead atoms. The minimum Gasteiger partial charge on any atom is -0.375 e. The molecule has 2 fully saturated rings. The average molecular weight is 283 g/mol. The third-order valence-electron chi connectivity index (χ3n) is 3.93. The Morgan fingerprint density at radius 3 is 2.90 bits per heavy atom. The van der Waals surface area contributed by atoms with E-state index in [9.17, 15) is 9.59 Å². The van der Waals surface area contributed by atoms with Crippen molar-refractivity contribution in [3.8, 4) is 0 Å². The van der Waals surface area contributed by atoms with E-state index in [1.54, 1.807) is 4.90 Å². The molecule has 0 saturated carbocycles. The fourth-order valence-electron chi connectivity index (χ4n) is 2.94. The van der Waals surface area contributed by atoms with E-state index in [-0.39, 0.29) is 30.5 Å². The van der Waals surface area contributed by atoms with Gasteiger partial charge in [-0.25, -0.2) is 0 Å². The Morgan fingerprint density at radius 2 is 2.20 bits per heavy atom. The molecular formula is C14H25N3O3. The summed E-state index contributed by atoms with van der Waals surface area (Å²) >= 11 is 0. The average Bonchev–Trinajstić information content (AvgIpc) is 2.73. The molecule has 2 aliphatic rings. The Hall–Kier alpha value is -1.14. The Labute approximate surface area is 120 Å². The molecule has 0 radical (unpaired) electrons. The molecule has 0 aromatic heterocycles. The molecular weight excluding hydrogens is 258 g/mol. The number of rotatable bonds is 5. The molecule has 2 atom stereocenters. The number of piperidine rings is 1. The first-order chi connectivity index (χ1) is 9.60. The highest BCUT2D eigenvalue weighted by Crippen LogP contribution is 2.13. The van der Waals surface area contributed by atoms with Crippen molar-refractivity contribution in [2.75, 3.05) is 39.8 Å². The van der Waals surface area contributed by atoms with Gasteiger partial charge in [0.1, 0.15) is 0 Å². The van der Waals surface area contributed by atoms with Gasteiger partial charge in [-0.1, -0.05) is 0 Å². The van der Waals surface area contributed by atoms with Gasteiger partial charge in [-0.05, 0) is 26.8 Å². The van der Waals surface area contributed by atoms with Crippen molar-refractivity contribution in [1.82, 2.24) is 15.1 Å². The zero-order valence-electron chi connectivity index (χ0n) is 12.4. The lowest BCUT2D eigenvalue weighted by atomic mass is 10.1. The smallest absolute Gasteiger partial charge is 0.239 e. The summed E-state index contributed by atoms with van der Waals surface area (Å²) in [4.78, 5) is 27.6. The molecule has 6 nitrogen and oxygen atoms in total. The van der Waals surface area contributed by atoms with E-state index >= 15 is 0 Å². The van der Waals surface area contributed by atoms with Crippen molar-refractivity contribution in [2.24, 2.45) is 0 Å². The summed E-state index contributed by atoms with van der Waals surface area (Å²) in [6.07, 6.45) is 2.55. The summed E-state index contributed by atoms with van der Waals surface area (Å²) in [7, 11) is 2.02. The number of likely N-dealkylation sites (N-methyl/N-ethyl adjacent to an activating group) is 1. The van der Waals surface area contributed by atoms with Gasteiger partial charge >= 0.3 is 0 Å². The molecule has 2 heterocycles.